The van der Waals surface area contributed by atoms with E-state index in [0.717, 1.165) is 48.9 Å². The lowest BCUT2D eigenvalue weighted by Crippen LogP contribution is -2.10. The van der Waals surface area contributed by atoms with Gasteiger partial charge in [0.2, 0.25) is 0 Å². The van der Waals surface area contributed by atoms with Crippen molar-refractivity contribution in [2.45, 2.75) is 0 Å². The van der Waals surface area contributed by atoms with Gasteiger partial charge < -0.3 is 4.90 Å². The van der Waals surface area contributed by atoms with E-state index in [1.807, 2.05) is 152 Å². The van der Waals surface area contributed by atoms with E-state index in [4.69, 9.17) is 0 Å². The summed E-state index contributed by atoms with van der Waals surface area (Å²) in [6, 6.07) is 50.8. The number of anilines is 3. The van der Waals surface area contributed by atoms with E-state index in [0.29, 0.717) is 27.6 Å². The van der Waals surface area contributed by atoms with E-state index < -0.39 is 89.6 Å². The van der Waals surface area contributed by atoms with Crippen LogP contribution >= 0.6 is 0 Å². The summed E-state index contributed by atoms with van der Waals surface area (Å²) in [7, 11) is 0. The monoisotopic (exact) mass is 813 g/mol. The van der Waals surface area contributed by atoms with E-state index >= 15 is 0 Å². The molecule has 0 aliphatic carbocycles. The maximum atomic E-state index is 10.0. The van der Waals surface area contributed by atoms with Crippen molar-refractivity contribution < 1.29 is 16.4 Å². The Kier molecular flexibility index (Phi) is 7.10. The van der Waals surface area contributed by atoms with Crippen LogP contribution in [0.3, 0.4) is 0 Å². The molecule has 1 heteroatoms. The average Bonchev–Trinajstić information content (AvgIpc) is 3.44. The fraction of sp³-hybridized carbons (Fsp3) is 0. The number of rotatable bonds is 9. The molecular weight excluding hydrogens is 759 g/mol. The van der Waals surface area contributed by atoms with Crippen molar-refractivity contribution in [1.82, 2.24) is 0 Å². The van der Waals surface area contributed by atoms with Gasteiger partial charge in [-0.3, -0.25) is 0 Å². The molecule has 1 nitrogen and oxygen atoms in total. The summed E-state index contributed by atoms with van der Waals surface area (Å²) < 4.78 is 117. The first kappa shape index (κ1) is 26.8. The van der Waals surface area contributed by atoms with Crippen molar-refractivity contribution in [2.75, 3.05) is 4.90 Å². The highest BCUT2D eigenvalue weighted by Crippen LogP contribution is 2.43. The van der Waals surface area contributed by atoms with Crippen LogP contribution in [0.4, 0.5) is 17.1 Å². The smallest absolute Gasteiger partial charge is 0.0651 e. The van der Waals surface area contributed by atoms with E-state index in [9.17, 15) is 16.4 Å². The molecule has 0 heterocycles. The van der Waals surface area contributed by atoms with Crippen LogP contribution in [0.25, 0.3) is 88.3 Å². The molecule has 0 radical (unpaired) electrons. The maximum absolute atomic E-state index is 10.0. The van der Waals surface area contributed by atoms with Gasteiger partial charge in [-0.2, -0.15) is 0 Å². The van der Waals surface area contributed by atoms with Gasteiger partial charge in [0.1, 0.15) is 0 Å². The summed E-state index contributed by atoms with van der Waals surface area (Å²) in [5.41, 5.74) is 4.03. The molecule has 0 fully saturated rings. The second-order valence-electron chi connectivity index (χ2n) is 15.1. The molecule has 0 aliphatic rings. The van der Waals surface area contributed by atoms with Crippen molar-refractivity contribution >= 4 is 38.6 Å². The van der Waals surface area contributed by atoms with E-state index in [1.165, 1.54) is 0 Å². The van der Waals surface area contributed by atoms with Crippen LogP contribution in [-0.2, 0) is 0 Å². The molecule has 0 amide bonds. The molecule has 11 aromatic rings. The Labute approximate surface area is 386 Å². The van der Waals surface area contributed by atoms with Gasteiger partial charge in [0, 0.05) is 17.1 Å². The minimum absolute atomic E-state index is 0.0577. The zero-order chi connectivity index (χ0) is 52.4. The van der Waals surface area contributed by atoms with Crippen molar-refractivity contribution in [3.8, 4) is 66.8 Å². The summed E-state index contributed by atoms with van der Waals surface area (Å²) in [6.45, 7) is 0. The van der Waals surface area contributed by atoms with Gasteiger partial charge in [0.25, 0.3) is 0 Å². The quantitative estimate of drug-likeness (QED) is 0.140. The molecule has 0 aliphatic heterocycles. The third kappa shape index (κ3) is 7.37. The van der Waals surface area contributed by atoms with Gasteiger partial charge in [0.15, 0.2) is 0 Å². The minimum atomic E-state index is -0.735. The Hall–Kier alpha value is -8.26. The number of benzene rings is 11. The van der Waals surface area contributed by atoms with Gasteiger partial charge in [-0.15, -0.1) is 0 Å². The predicted molar refractivity (Wildman–Crippen MR) is 269 cm³/mol. The predicted octanol–water partition coefficient (Wildman–Crippen LogP) is 17.5. The topological polar surface area (TPSA) is 3.24 Å². The zero-order valence-electron chi connectivity index (χ0n) is 45.8. The number of hydrogen-bond acceptors (Lipinski definition) is 1. The molecule has 11 aromatic carbocycles. The molecule has 0 spiro atoms. The lowest BCUT2D eigenvalue weighted by molar-refractivity contribution is 1.28. The first-order valence-electron chi connectivity index (χ1n) is 26.7. The molecule has 63 heavy (non-hydrogen) atoms. The first-order valence-corrected chi connectivity index (χ1v) is 20.7. The second kappa shape index (κ2) is 16.7. The lowest BCUT2D eigenvalue weighted by atomic mass is 9.89. The van der Waals surface area contributed by atoms with Crippen LogP contribution in [0.2, 0.25) is 0 Å². The Bertz CT molecular complexity index is 4030. The summed E-state index contributed by atoms with van der Waals surface area (Å²) in [4.78, 5) is 0.915. The third-order valence-corrected chi connectivity index (χ3v) is 11.3. The van der Waals surface area contributed by atoms with Gasteiger partial charge in [-0.25, -0.2) is 0 Å². The van der Waals surface area contributed by atoms with Gasteiger partial charge in [-0.05, 0) is 131 Å². The van der Waals surface area contributed by atoms with Crippen LogP contribution in [-0.4, -0.2) is 0 Å². The van der Waals surface area contributed by atoms with Crippen LogP contribution in [0.15, 0.2) is 261 Å². The van der Waals surface area contributed by atoms with Crippen LogP contribution in [0, 0.1) is 0 Å². The van der Waals surface area contributed by atoms with Crippen molar-refractivity contribution in [3.63, 3.8) is 0 Å². The fourth-order valence-electron chi connectivity index (χ4n) is 8.30. The minimum Gasteiger partial charge on any atom is -0.310 e. The van der Waals surface area contributed by atoms with Crippen molar-refractivity contribution in [1.29, 1.82) is 0 Å². The highest BCUT2D eigenvalue weighted by Gasteiger charge is 2.18. The average molecular weight is 814 g/mol. The summed E-state index contributed by atoms with van der Waals surface area (Å²) >= 11 is 0. The maximum Gasteiger partial charge on any atom is 0.0651 e. The second-order valence-corrected chi connectivity index (χ2v) is 15.1. The molecule has 0 atom stereocenters. The van der Waals surface area contributed by atoms with Gasteiger partial charge in [0.05, 0.1) is 16.4 Å². The van der Waals surface area contributed by atoms with Gasteiger partial charge in [-0.1, -0.05) is 218 Å². The molecular formula is C62H43N. The van der Waals surface area contributed by atoms with Crippen LogP contribution in [0.1, 0.15) is 16.4 Å². The fourth-order valence-corrected chi connectivity index (χ4v) is 8.30. The Balaban J connectivity index is 1.21. The van der Waals surface area contributed by atoms with Crippen molar-refractivity contribution in [3.05, 3.63) is 261 Å². The number of nitrogens with zero attached hydrogens (tertiary/aromatic N) is 1. The number of hydrogen-bond donors (Lipinski definition) is 0. The molecule has 0 bridgehead atoms. The van der Waals surface area contributed by atoms with Crippen LogP contribution < -0.4 is 4.90 Å². The molecule has 0 saturated heterocycles. The largest absolute Gasteiger partial charge is 0.310 e. The normalized spacial score (nSPS) is 13.8. The van der Waals surface area contributed by atoms with Crippen LogP contribution in [0.5, 0.6) is 0 Å². The van der Waals surface area contributed by atoms with Gasteiger partial charge >= 0.3 is 0 Å². The summed E-state index contributed by atoms with van der Waals surface area (Å²) in [6.07, 6.45) is 0. The third-order valence-electron chi connectivity index (χ3n) is 11.3. The molecule has 0 N–H and O–H groups in total. The highest BCUT2D eigenvalue weighted by molar-refractivity contribution is 6.04. The molecule has 0 saturated carbocycles. The Morgan fingerprint density at radius 1 is 0.286 bits per heavy atom. The van der Waals surface area contributed by atoms with E-state index in [1.54, 1.807) is 36.4 Å². The molecule has 296 valence electrons. The molecule has 0 unspecified atom stereocenters. The molecule has 0 aromatic heterocycles. The van der Waals surface area contributed by atoms with E-state index in [-0.39, 0.29) is 16.7 Å². The zero-order valence-corrected chi connectivity index (χ0v) is 33.8. The Morgan fingerprint density at radius 3 is 1.51 bits per heavy atom. The summed E-state index contributed by atoms with van der Waals surface area (Å²) in [5.74, 6) is 0. The summed E-state index contributed by atoms with van der Waals surface area (Å²) in [5, 5.41) is 3.06. The van der Waals surface area contributed by atoms with E-state index in [2.05, 4.69) is 0 Å². The standard InChI is InChI=1S/C62H43N/c1-4-16-45(17-5-1)58-40-35-51(43-61(58)47-18-6-2-7-19-47)44-30-36-53(37-31-44)63(55-26-14-25-52(42-55)57-29-15-24-46-20-10-12-27-56(46)57)54-38-32-49(33-39-54)60-41-34-48-21-11-13-28-59(48)62(60)50-22-8-3-9-23-50/h1-43H/i14D,25D,26D,30D,31D,32D,33D,36D,37D,38D,39D,42D. The van der Waals surface area contributed by atoms with Crippen molar-refractivity contribution in [2.24, 2.45) is 0 Å². The number of fused-ring (bicyclic) bond motifs is 2. The first-order chi connectivity index (χ1) is 36.3. The highest BCUT2D eigenvalue weighted by atomic mass is 15.1. The lowest BCUT2D eigenvalue weighted by Gasteiger charge is -2.27. The Morgan fingerprint density at radius 2 is 0.825 bits per heavy atom. The SMILES string of the molecule is [2H]c1c([2H])c(-c2cccc3ccccc23)c([2H])c(N(c2c([2H])c([2H])c(-c3ccc(-c4ccccc4)c(-c4ccccc4)c3)c([2H])c2[2H])c2c([2H])c([2H])c(-c3ccc4ccccc4c3-c3ccccc3)c([2H])c2[2H])c1[2H]. The molecule has 11 rings (SSSR count).